The molecule has 0 aliphatic carbocycles. The molecule has 0 saturated carbocycles. The van der Waals surface area contributed by atoms with E-state index in [-0.39, 0.29) is 6.61 Å². The van der Waals surface area contributed by atoms with Crippen LogP contribution in [0.25, 0.3) is 20.9 Å². The van der Waals surface area contributed by atoms with E-state index in [0.717, 1.165) is 24.3 Å². The lowest BCUT2D eigenvalue weighted by Crippen LogP contribution is -2.65. The number of azide groups is 2. The molecule has 3 aliphatic rings. The number of hydrogen-bond donors (Lipinski definition) is 0. The summed E-state index contributed by atoms with van der Waals surface area (Å²) in [5.41, 5.74) is 20.3. The number of aryl methyl sites for hydroxylation is 1. The number of fused-ring (bicyclic) bond motifs is 1. The third-order valence-corrected chi connectivity index (χ3v) is 9.15. The molecule has 5 rings (SSSR count). The van der Waals surface area contributed by atoms with Crippen LogP contribution >= 0.6 is 11.8 Å². The first-order valence-electron chi connectivity index (χ1n) is 15.7. The van der Waals surface area contributed by atoms with E-state index < -0.39 is 91.2 Å². The second kappa shape index (κ2) is 17.0. The Bertz CT molecular complexity index is 1610. The summed E-state index contributed by atoms with van der Waals surface area (Å²) in [4.78, 5) is 43.1. The van der Waals surface area contributed by atoms with Gasteiger partial charge in [-0.1, -0.05) is 70.0 Å². The van der Waals surface area contributed by atoms with Gasteiger partial charge in [-0.3, -0.25) is 14.4 Å². The second-order valence-corrected chi connectivity index (χ2v) is 12.8. The van der Waals surface area contributed by atoms with Crippen LogP contribution in [0.1, 0.15) is 38.2 Å². The smallest absolute Gasteiger partial charge is 0.303 e. The van der Waals surface area contributed by atoms with Gasteiger partial charge in [-0.15, -0.1) is 0 Å². The summed E-state index contributed by atoms with van der Waals surface area (Å²) < 4.78 is 48.0. The standard InChI is InChI=1S/C32H36N6O11S/c1-16-10-12-21(13-11-16)50-32-25(36-38-34)29(27-23(47-32)15-43-30(48-27)20-8-6-5-7-9-20)49-31-24(35-37-33)28(45-19(4)41)26(44-18(3)40)22(46-31)14-42-17(2)39/h5-13,22-32H,14-15H2,1-4H3. The molecule has 18 heteroatoms. The van der Waals surface area contributed by atoms with Crippen molar-refractivity contribution < 1.29 is 52.3 Å². The van der Waals surface area contributed by atoms with E-state index in [1.165, 1.54) is 18.7 Å². The van der Waals surface area contributed by atoms with Crippen molar-refractivity contribution in [2.24, 2.45) is 10.2 Å². The second-order valence-electron chi connectivity index (χ2n) is 11.6. The summed E-state index contributed by atoms with van der Waals surface area (Å²) in [5, 5.41) is 7.93. The number of nitrogens with zero attached hydrogens (tertiary/aromatic N) is 6. The first-order valence-corrected chi connectivity index (χ1v) is 16.5. The average molecular weight is 713 g/mol. The fourth-order valence-electron chi connectivity index (χ4n) is 5.86. The summed E-state index contributed by atoms with van der Waals surface area (Å²) >= 11 is 1.29. The molecule has 2 aromatic rings. The van der Waals surface area contributed by atoms with E-state index in [9.17, 15) is 25.4 Å². The SMILES string of the molecule is CC(=O)OCC1OC(OC2C(N=[N+]=[N-])C(Sc3ccc(C)cc3)OC3COC(c4ccccc4)OC32)C(N=[N+]=[N-])C(OC(C)=O)C1OC(C)=O. The van der Waals surface area contributed by atoms with E-state index in [2.05, 4.69) is 20.1 Å². The molecule has 3 saturated heterocycles. The summed E-state index contributed by atoms with van der Waals surface area (Å²) in [6, 6.07) is 14.3. The van der Waals surface area contributed by atoms with Gasteiger partial charge in [-0.05, 0) is 30.1 Å². The van der Waals surface area contributed by atoms with Gasteiger partial charge in [0.1, 0.15) is 48.5 Å². The van der Waals surface area contributed by atoms with Crippen LogP contribution < -0.4 is 0 Å². The minimum absolute atomic E-state index is 0.0724. The van der Waals surface area contributed by atoms with Crippen LogP contribution in [0.2, 0.25) is 0 Å². The van der Waals surface area contributed by atoms with E-state index in [0.29, 0.717) is 5.56 Å². The normalized spacial score (nSPS) is 31.9. The highest BCUT2D eigenvalue weighted by Crippen LogP contribution is 2.43. The summed E-state index contributed by atoms with van der Waals surface area (Å²) in [6.45, 7) is 5.01. The topological polar surface area (TPSA) is 223 Å². The van der Waals surface area contributed by atoms with Crippen LogP contribution in [-0.2, 0) is 52.3 Å². The van der Waals surface area contributed by atoms with Crippen LogP contribution in [0, 0.1) is 6.92 Å². The molecular weight excluding hydrogens is 676 g/mol. The molecule has 0 radical (unpaired) electrons. The molecule has 266 valence electrons. The third-order valence-electron chi connectivity index (χ3n) is 7.98. The predicted octanol–water partition coefficient (Wildman–Crippen LogP) is 4.82. The molecule has 11 atom stereocenters. The number of rotatable bonds is 11. The maximum absolute atomic E-state index is 12.3. The maximum Gasteiger partial charge on any atom is 0.303 e. The van der Waals surface area contributed by atoms with Gasteiger partial charge in [-0.2, -0.15) is 0 Å². The minimum atomic E-state index is -1.53. The van der Waals surface area contributed by atoms with Gasteiger partial charge in [0.25, 0.3) is 0 Å². The zero-order chi connectivity index (χ0) is 35.8. The van der Waals surface area contributed by atoms with Gasteiger partial charge in [0, 0.05) is 41.1 Å². The number of carbonyl (C=O) groups is 3. The van der Waals surface area contributed by atoms with Gasteiger partial charge < -0.3 is 37.9 Å². The largest absolute Gasteiger partial charge is 0.463 e. The zero-order valence-electron chi connectivity index (χ0n) is 27.5. The lowest BCUT2D eigenvalue weighted by atomic mass is 9.94. The molecule has 0 aromatic heterocycles. The molecule has 0 bridgehead atoms. The highest BCUT2D eigenvalue weighted by Gasteiger charge is 2.56. The van der Waals surface area contributed by atoms with Crippen molar-refractivity contribution >= 4 is 29.7 Å². The number of thioether (sulfide) groups is 1. The van der Waals surface area contributed by atoms with Crippen LogP contribution in [-0.4, -0.2) is 91.6 Å². The first-order chi connectivity index (χ1) is 24.1. The van der Waals surface area contributed by atoms with Crippen LogP contribution in [0.3, 0.4) is 0 Å². The Morgan fingerprint density at radius 3 is 2.14 bits per heavy atom. The van der Waals surface area contributed by atoms with Crippen molar-refractivity contribution in [3.05, 3.63) is 86.6 Å². The summed E-state index contributed by atoms with van der Waals surface area (Å²) in [5.74, 6) is -2.22. The van der Waals surface area contributed by atoms with Crippen molar-refractivity contribution in [3.63, 3.8) is 0 Å². The molecule has 50 heavy (non-hydrogen) atoms. The van der Waals surface area contributed by atoms with Gasteiger partial charge >= 0.3 is 17.9 Å². The molecule has 2 aromatic carbocycles. The fraction of sp³-hybridized carbons (Fsp3) is 0.531. The molecule has 0 amide bonds. The monoisotopic (exact) mass is 712 g/mol. The number of esters is 3. The van der Waals surface area contributed by atoms with Crippen LogP contribution in [0.4, 0.5) is 0 Å². The zero-order valence-corrected chi connectivity index (χ0v) is 28.4. The van der Waals surface area contributed by atoms with Crippen LogP contribution in [0.5, 0.6) is 0 Å². The molecule has 3 aliphatic heterocycles. The van der Waals surface area contributed by atoms with E-state index in [1.54, 1.807) is 0 Å². The average Bonchev–Trinajstić information content (AvgIpc) is 3.08. The number of benzene rings is 2. The Balaban J connectivity index is 1.55. The van der Waals surface area contributed by atoms with Crippen molar-refractivity contribution in [1.29, 1.82) is 0 Å². The Morgan fingerprint density at radius 1 is 0.840 bits per heavy atom. The van der Waals surface area contributed by atoms with E-state index >= 15 is 0 Å². The Hall–Kier alpha value is -4.38. The van der Waals surface area contributed by atoms with Crippen LogP contribution in [0.15, 0.2) is 69.7 Å². The van der Waals surface area contributed by atoms with Gasteiger partial charge in [0.15, 0.2) is 24.8 Å². The Kier molecular flexibility index (Phi) is 12.6. The number of hydrogen-bond acceptors (Lipinski definition) is 14. The maximum atomic E-state index is 12.3. The third kappa shape index (κ3) is 9.04. The highest BCUT2D eigenvalue weighted by atomic mass is 32.2. The van der Waals surface area contributed by atoms with E-state index in [4.69, 9.17) is 37.9 Å². The molecular formula is C32H36N6O11S. The molecule has 3 heterocycles. The summed E-state index contributed by atoms with van der Waals surface area (Å²) in [7, 11) is 0. The fourth-order valence-corrected chi connectivity index (χ4v) is 6.97. The predicted molar refractivity (Wildman–Crippen MR) is 173 cm³/mol. The quantitative estimate of drug-likeness (QED) is 0.101. The Labute approximate surface area is 291 Å². The molecule has 0 N–H and O–H groups in total. The number of carbonyl (C=O) groups excluding carboxylic acids is 3. The molecule has 17 nitrogen and oxygen atoms in total. The molecule has 0 spiro atoms. The van der Waals surface area contributed by atoms with Crippen molar-refractivity contribution in [1.82, 2.24) is 0 Å². The van der Waals surface area contributed by atoms with Crippen molar-refractivity contribution in [2.75, 3.05) is 13.2 Å². The van der Waals surface area contributed by atoms with Gasteiger partial charge in [0.2, 0.25) is 0 Å². The minimum Gasteiger partial charge on any atom is -0.463 e. The molecule has 3 fully saturated rings. The van der Waals surface area contributed by atoms with E-state index in [1.807, 2.05) is 61.5 Å². The lowest BCUT2D eigenvalue weighted by Gasteiger charge is -2.50. The number of ether oxygens (including phenoxy) is 8. The lowest BCUT2D eigenvalue weighted by molar-refractivity contribution is -0.342. The highest BCUT2D eigenvalue weighted by molar-refractivity contribution is 7.99. The van der Waals surface area contributed by atoms with Gasteiger partial charge in [-0.25, -0.2) is 0 Å². The first kappa shape index (κ1) is 36.9. The Morgan fingerprint density at radius 2 is 1.50 bits per heavy atom. The van der Waals surface area contributed by atoms with Crippen molar-refractivity contribution in [3.8, 4) is 0 Å². The van der Waals surface area contributed by atoms with Gasteiger partial charge in [0.05, 0.1) is 6.61 Å². The molecule has 11 unspecified atom stereocenters. The van der Waals surface area contributed by atoms with Crippen molar-refractivity contribution in [2.45, 2.75) is 99.3 Å². The summed E-state index contributed by atoms with van der Waals surface area (Å²) in [6.07, 6.45) is -9.24.